The molecule has 0 bridgehead atoms. The lowest BCUT2D eigenvalue weighted by Gasteiger charge is -2.06. The van der Waals surface area contributed by atoms with Gasteiger partial charge in [0.25, 0.3) is 0 Å². The van der Waals surface area contributed by atoms with Crippen LogP contribution in [0, 0.1) is 0 Å². The van der Waals surface area contributed by atoms with Crippen LogP contribution in [-0.4, -0.2) is 11.1 Å². The maximum absolute atomic E-state index is 11.3. The minimum absolute atomic E-state index is 0.466. The van der Waals surface area contributed by atoms with Gasteiger partial charge in [-0.05, 0) is 30.9 Å². The van der Waals surface area contributed by atoms with Crippen LogP contribution in [0.4, 0.5) is 0 Å². The molecule has 2 nitrogen and oxygen atoms in total. The van der Waals surface area contributed by atoms with Crippen molar-refractivity contribution in [1.82, 2.24) is 0 Å². The molecule has 2 heteroatoms. The molecule has 0 atom stereocenters. The van der Waals surface area contributed by atoms with E-state index in [1.165, 1.54) is 57.8 Å². The lowest BCUT2D eigenvalue weighted by Crippen LogP contribution is -2.00. The summed E-state index contributed by atoms with van der Waals surface area (Å²) < 4.78 is 0. The highest BCUT2D eigenvalue weighted by molar-refractivity contribution is 5.87. The Morgan fingerprint density at radius 2 is 1.42 bits per heavy atom. The number of carboxylic acid groups (broad SMARTS) is 1. The summed E-state index contributed by atoms with van der Waals surface area (Å²) in [6.07, 6.45) is 17.8. The first-order valence-electron chi connectivity index (χ1n) is 10.3. The summed E-state index contributed by atoms with van der Waals surface area (Å²) in [4.78, 5) is 11.3. The molecular formula is C24H36O2. The Labute approximate surface area is 160 Å². The molecule has 0 aromatic heterocycles. The van der Waals surface area contributed by atoms with E-state index in [9.17, 15) is 9.90 Å². The molecule has 0 spiro atoms. The van der Waals surface area contributed by atoms with E-state index < -0.39 is 5.97 Å². The Morgan fingerprint density at radius 3 is 1.96 bits per heavy atom. The average molecular weight is 357 g/mol. The highest BCUT2D eigenvalue weighted by atomic mass is 16.4. The number of hydrogen-bond acceptors (Lipinski definition) is 1. The van der Waals surface area contributed by atoms with Crippen molar-refractivity contribution >= 4 is 12.0 Å². The minimum atomic E-state index is -0.815. The maximum Gasteiger partial charge on any atom is 0.331 e. The van der Waals surface area contributed by atoms with Gasteiger partial charge < -0.3 is 5.11 Å². The lowest BCUT2D eigenvalue weighted by atomic mass is 9.99. The van der Waals surface area contributed by atoms with Crippen LogP contribution in [0.3, 0.4) is 0 Å². The summed E-state index contributed by atoms with van der Waals surface area (Å²) in [5.41, 5.74) is 2.51. The van der Waals surface area contributed by atoms with Crippen molar-refractivity contribution in [2.75, 3.05) is 0 Å². The van der Waals surface area contributed by atoms with Crippen molar-refractivity contribution in [3.63, 3.8) is 0 Å². The quantitative estimate of drug-likeness (QED) is 0.214. The number of allylic oxidation sites excluding steroid dienone is 2. The molecule has 0 aliphatic carbocycles. The molecule has 1 N–H and O–H groups in total. The molecule has 26 heavy (non-hydrogen) atoms. The zero-order chi connectivity index (χ0) is 19.0. The smallest absolute Gasteiger partial charge is 0.331 e. The highest BCUT2D eigenvalue weighted by Crippen LogP contribution is 2.18. The fourth-order valence-corrected chi connectivity index (χ4v) is 3.10. The van der Waals surface area contributed by atoms with E-state index >= 15 is 0 Å². The van der Waals surface area contributed by atoms with Crippen LogP contribution >= 0.6 is 0 Å². The highest BCUT2D eigenvalue weighted by Gasteiger charge is 2.07. The average Bonchev–Trinajstić information content (AvgIpc) is 2.65. The summed E-state index contributed by atoms with van der Waals surface area (Å²) in [6.45, 7) is 3.97. The third kappa shape index (κ3) is 10.2. The Kier molecular flexibility index (Phi) is 12.3. The molecule has 0 radical (unpaired) electrons. The molecular weight excluding hydrogens is 320 g/mol. The van der Waals surface area contributed by atoms with Gasteiger partial charge in [-0.25, -0.2) is 4.79 Å². The van der Waals surface area contributed by atoms with E-state index in [0.717, 1.165) is 24.0 Å². The Balaban J connectivity index is 2.33. The number of rotatable bonds is 14. The zero-order valence-electron chi connectivity index (χ0n) is 16.7. The summed E-state index contributed by atoms with van der Waals surface area (Å²) in [7, 11) is 0. The van der Waals surface area contributed by atoms with Crippen LogP contribution in [0.2, 0.25) is 0 Å². The molecule has 0 unspecified atom stereocenters. The molecule has 0 fully saturated rings. The number of hydrogen-bond donors (Lipinski definition) is 1. The molecule has 0 aliphatic rings. The van der Waals surface area contributed by atoms with Gasteiger partial charge in [0, 0.05) is 5.57 Å². The molecule has 0 aliphatic heterocycles. The van der Waals surface area contributed by atoms with Crippen molar-refractivity contribution in [2.45, 2.75) is 84.5 Å². The predicted molar refractivity (Wildman–Crippen MR) is 112 cm³/mol. The van der Waals surface area contributed by atoms with Gasteiger partial charge in [0.05, 0.1) is 0 Å². The number of unbranched alkanes of at least 4 members (excludes halogenated alkanes) is 9. The van der Waals surface area contributed by atoms with Crippen LogP contribution in [0.1, 0.15) is 90.0 Å². The Morgan fingerprint density at radius 1 is 0.885 bits per heavy atom. The van der Waals surface area contributed by atoms with Gasteiger partial charge in [-0.2, -0.15) is 0 Å². The summed E-state index contributed by atoms with van der Waals surface area (Å²) in [5, 5.41) is 9.32. The third-order valence-corrected chi connectivity index (χ3v) is 4.88. The van der Waals surface area contributed by atoms with E-state index in [1.54, 1.807) is 6.92 Å². The summed E-state index contributed by atoms with van der Waals surface area (Å²) in [6, 6.07) is 10.0. The zero-order valence-corrected chi connectivity index (χ0v) is 16.7. The second-order valence-electron chi connectivity index (χ2n) is 7.13. The minimum Gasteiger partial charge on any atom is -0.478 e. The summed E-state index contributed by atoms with van der Waals surface area (Å²) >= 11 is 0. The van der Waals surface area contributed by atoms with Gasteiger partial charge in [-0.1, -0.05) is 107 Å². The number of benzene rings is 1. The van der Waals surface area contributed by atoms with Gasteiger partial charge in [-0.15, -0.1) is 0 Å². The predicted octanol–water partition coefficient (Wildman–Crippen LogP) is 7.41. The molecule has 0 amide bonds. The molecule has 1 rings (SSSR count). The molecule has 1 aromatic rings. The topological polar surface area (TPSA) is 37.3 Å². The summed E-state index contributed by atoms with van der Waals surface area (Å²) in [5.74, 6) is -0.815. The van der Waals surface area contributed by atoms with Crippen molar-refractivity contribution in [2.24, 2.45) is 0 Å². The Bertz CT molecular complexity index is 555. The van der Waals surface area contributed by atoms with Crippen LogP contribution < -0.4 is 0 Å². The SMILES string of the molecule is CCCCCCCCCCCCC(C=Cc1ccccc1)=C(C)C(=O)O. The lowest BCUT2D eigenvalue weighted by molar-refractivity contribution is -0.132. The fourth-order valence-electron chi connectivity index (χ4n) is 3.10. The fraction of sp³-hybridized carbons (Fsp3) is 0.542. The van der Waals surface area contributed by atoms with Crippen LogP contribution in [0.5, 0.6) is 0 Å². The molecule has 0 saturated carbocycles. The number of carboxylic acids is 1. The first-order valence-corrected chi connectivity index (χ1v) is 10.3. The van der Waals surface area contributed by atoms with Gasteiger partial charge in [0.1, 0.15) is 0 Å². The second kappa shape index (κ2) is 14.4. The van der Waals surface area contributed by atoms with E-state index in [4.69, 9.17) is 0 Å². The van der Waals surface area contributed by atoms with E-state index in [2.05, 4.69) is 6.92 Å². The standard InChI is InChI=1S/C24H36O2/c1-3-4-5-6-7-8-9-10-11-15-18-23(21(2)24(25)26)20-19-22-16-13-12-14-17-22/h12-14,16-17,19-20H,3-11,15,18H2,1-2H3,(H,25,26). The number of aliphatic carboxylic acids is 1. The van der Waals surface area contributed by atoms with Crippen molar-refractivity contribution < 1.29 is 9.90 Å². The molecule has 0 saturated heterocycles. The van der Waals surface area contributed by atoms with Gasteiger partial charge in [-0.3, -0.25) is 0 Å². The van der Waals surface area contributed by atoms with Gasteiger partial charge in [0.15, 0.2) is 0 Å². The van der Waals surface area contributed by atoms with Gasteiger partial charge >= 0.3 is 5.97 Å². The second-order valence-corrected chi connectivity index (χ2v) is 7.13. The molecule has 144 valence electrons. The van der Waals surface area contributed by atoms with Crippen molar-refractivity contribution in [3.05, 3.63) is 53.1 Å². The van der Waals surface area contributed by atoms with Crippen LogP contribution in [0.15, 0.2) is 47.6 Å². The molecule has 0 heterocycles. The maximum atomic E-state index is 11.3. The van der Waals surface area contributed by atoms with E-state index in [0.29, 0.717) is 5.57 Å². The van der Waals surface area contributed by atoms with E-state index in [1.807, 2.05) is 42.5 Å². The number of carbonyl (C=O) groups is 1. The first kappa shape index (κ1) is 22.2. The normalized spacial score (nSPS) is 12.4. The Hall–Kier alpha value is -1.83. The monoisotopic (exact) mass is 356 g/mol. The first-order chi connectivity index (χ1) is 12.6. The largest absolute Gasteiger partial charge is 0.478 e. The third-order valence-electron chi connectivity index (χ3n) is 4.88. The van der Waals surface area contributed by atoms with Gasteiger partial charge in [0.2, 0.25) is 0 Å². The van der Waals surface area contributed by atoms with Crippen LogP contribution in [-0.2, 0) is 4.79 Å². The van der Waals surface area contributed by atoms with Crippen LogP contribution in [0.25, 0.3) is 6.08 Å². The van der Waals surface area contributed by atoms with Crippen molar-refractivity contribution in [1.29, 1.82) is 0 Å². The molecule has 1 aromatic carbocycles. The van der Waals surface area contributed by atoms with E-state index in [-0.39, 0.29) is 0 Å². The van der Waals surface area contributed by atoms with Crippen molar-refractivity contribution in [3.8, 4) is 0 Å².